The third kappa shape index (κ3) is 4.24. The molecular weight excluding hydrogens is 420 g/mol. The Labute approximate surface area is 193 Å². The first-order chi connectivity index (χ1) is 15.2. The minimum atomic E-state index is -0.551. The van der Waals surface area contributed by atoms with Crippen LogP contribution in [0.3, 0.4) is 0 Å². The van der Waals surface area contributed by atoms with Crippen LogP contribution in [0.25, 0.3) is 0 Å². The van der Waals surface area contributed by atoms with E-state index < -0.39 is 12.0 Å². The first-order valence-corrected chi connectivity index (χ1v) is 11.7. The zero-order valence-electron chi connectivity index (χ0n) is 19.1. The molecule has 1 amide bonds. The van der Waals surface area contributed by atoms with Gasteiger partial charge in [0.1, 0.15) is 6.61 Å². The highest BCUT2D eigenvalue weighted by Crippen LogP contribution is 2.43. The van der Waals surface area contributed by atoms with Crippen LogP contribution in [0, 0.1) is 0 Å². The summed E-state index contributed by atoms with van der Waals surface area (Å²) in [6, 6.07) is 17.2. The van der Waals surface area contributed by atoms with Gasteiger partial charge in [0.25, 0.3) is 0 Å². The largest absolute Gasteiger partial charge is 0.457 e. The first kappa shape index (κ1) is 22.3. The molecule has 0 spiro atoms. The first-order valence-electron chi connectivity index (χ1n) is 10.8. The van der Waals surface area contributed by atoms with Crippen molar-refractivity contribution in [2.24, 2.45) is 4.99 Å². The lowest BCUT2D eigenvalue weighted by Crippen LogP contribution is -2.40. The molecular formula is C26H28N2O3S. The van der Waals surface area contributed by atoms with Gasteiger partial charge in [-0.05, 0) is 36.0 Å². The monoisotopic (exact) mass is 448 g/mol. The third-order valence-electron chi connectivity index (χ3n) is 5.78. The van der Waals surface area contributed by atoms with E-state index in [4.69, 9.17) is 4.74 Å². The van der Waals surface area contributed by atoms with E-state index in [1.54, 1.807) is 4.90 Å². The molecule has 2 atom stereocenters. The number of allylic oxidation sites excluding steroid dienone is 1. The van der Waals surface area contributed by atoms with Gasteiger partial charge in [0.2, 0.25) is 5.91 Å². The highest BCUT2D eigenvalue weighted by Gasteiger charge is 2.46. The normalized spacial score (nSPS) is 20.8. The second kappa shape index (κ2) is 8.58. The van der Waals surface area contributed by atoms with Gasteiger partial charge in [-0.3, -0.25) is 9.69 Å². The van der Waals surface area contributed by atoms with Gasteiger partial charge >= 0.3 is 5.97 Å². The lowest BCUT2D eigenvalue weighted by atomic mass is 9.85. The average Bonchev–Trinajstić information content (AvgIpc) is 3.04. The van der Waals surface area contributed by atoms with Crippen molar-refractivity contribution in [2.45, 2.75) is 57.9 Å². The SMILES string of the molecule is CC1=C(C(=O)OCc2ccccc2)[C@H](c2ccc(C(C)(C)C)cc2)N2C(=O)[C@@H](C)SC2=N1. The molecule has 0 N–H and O–H groups in total. The van der Waals surface area contributed by atoms with Crippen LogP contribution in [0.2, 0.25) is 0 Å². The second-order valence-electron chi connectivity index (χ2n) is 9.20. The predicted molar refractivity (Wildman–Crippen MR) is 128 cm³/mol. The number of benzene rings is 2. The maximum atomic E-state index is 13.3. The number of carbonyl (C=O) groups is 2. The molecule has 2 heterocycles. The summed E-state index contributed by atoms with van der Waals surface area (Å²) in [5, 5.41) is 0.405. The summed E-state index contributed by atoms with van der Waals surface area (Å²) in [6.45, 7) is 10.3. The zero-order valence-corrected chi connectivity index (χ0v) is 19.9. The number of carbonyl (C=O) groups excluding carboxylic acids is 2. The molecule has 32 heavy (non-hydrogen) atoms. The fraction of sp³-hybridized carbons (Fsp3) is 0.346. The number of ether oxygens (including phenoxy) is 1. The second-order valence-corrected chi connectivity index (χ2v) is 10.5. The van der Waals surface area contributed by atoms with Gasteiger partial charge in [0.05, 0.1) is 22.6 Å². The van der Waals surface area contributed by atoms with E-state index in [0.717, 1.165) is 11.1 Å². The number of hydrogen-bond acceptors (Lipinski definition) is 5. The van der Waals surface area contributed by atoms with E-state index in [1.165, 1.54) is 17.3 Å². The Morgan fingerprint density at radius 3 is 2.38 bits per heavy atom. The van der Waals surface area contributed by atoms with E-state index >= 15 is 0 Å². The van der Waals surface area contributed by atoms with Gasteiger partial charge < -0.3 is 4.74 Å². The Morgan fingerprint density at radius 1 is 1.09 bits per heavy atom. The molecule has 2 aliphatic rings. The van der Waals surface area contributed by atoms with Gasteiger partial charge in [-0.1, -0.05) is 87.1 Å². The fourth-order valence-electron chi connectivity index (χ4n) is 3.95. The molecule has 5 nitrogen and oxygen atoms in total. The van der Waals surface area contributed by atoms with Crippen LogP contribution in [-0.2, 0) is 26.3 Å². The van der Waals surface area contributed by atoms with Crippen molar-refractivity contribution in [3.05, 3.63) is 82.6 Å². The maximum Gasteiger partial charge on any atom is 0.338 e. The molecule has 1 fully saturated rings. The number of thioether (sulfide) groups is 1. The highest BCUT2D eigenvalue weighted by molar-refractivity contribution is 8.15. The Morgan fingerprint density at radius 2 is 1.75 bits per heavy atom. The lowest BCUT2D eigenvalue weighted by molar-refractivity contribution is -0.141. The van der Waals surface area contributed by atoms with Crippen LogP contribution in [-0.4, -0.2) is 27.2 Å². The summed E-state index contributed by atoms with van der Waals surface area (Å²) in [6.07, 6.45) is 0. The molecule has 1 saturated heterocycles. The zero-order chi connectivity index (χ0) is 23.0. The molecule has 0 bridgehead atoms. The van der Waals surface area contributed by atoms with Gasteiger partial charge in [-0.25, -0.2) is 9.79 Å². The van der Waals surface area contributed by atoms with E-state index in [0.29, 0.717) is 16.4 Å². The van der Waals surface area contributed by atoms with E-state index in [9.17, 15) is 9.59 Å². The predicted octanol–water partition coefficient (Wildman–Crippen LogP) is 5.38. The van der Waals surface area contributed by atoms with Crippen molar-refractivity contribution in [3.8, 4) is 0 Å². The summed E-state index contributed by atoms with van der Waals surface area (Å²) in [5.74, 6) is -0.490. The third-order valence-corrected chi connectivity index (χ3v) is 6.84. The molecule has 6 heteroatoms. The number of rotatable bonds is 4. The number of amidine groups is 1. The summed E-state index contributed by atoms with van der Waals surface area (Å²) in [7, 11) is 0. The van der Waals surface area contributed by atoms with Crippen LogP contribution < -0.4 is 0 Å². The lowest BCUT2D eigenvalue weighted by Gasteiger charge is -2.33. The summed E-state index contributed by atoms with van der Waals surface area (Å²) in [5.41, 5.74) is 3.99. The Bertz CT molecular complexity index is 1100. The molecule has 0 aromatic heterocycles. The van der Waals surface area contributed by atoms with Gasteiger partial charge in [-0.15, -0.1) is 0 Å². The van der Waals surface area contributed by atoms with Crippen LogP contribution in [0.15, 0.2) is 70.9 Å². The minimum absolute atomic E-state index is 0.00867. The summed E-state index contributed by atoms with van der Waals surface area (Å²) in [4.78, 5) is 32.6. The topological polar surface area (TPSA) is 59.0 Å². The molecule has 0 unspecified atom stereocenters. The molecule has 0 radical (unpaired) electrons. The molecule has 2 aliphatic heterocycles. The summed E-state index contributed by atoms with van der Waals surface area (Å²) < 4.78 is 5.67. The van der Waals surface area contributed by atoms with E-state index in [2.05, 4.69) is 37.9 Å². The maximum absolute atomic E-state index is 13.3. The molecule has 4 rings (SSSR count). The van der Waals surface area contributed by atoms with Gasteiger partial charge in [0, 0.05) is 0 Å². The van der Waals surface area contributed by atoms with Crippen molar-refractivity contribution < 1.29 is 14.3 Å². The van der Waals surface area contributed by atoms with E-state index in [1.807, 2.05) is 56.3 Å². The molecule has 2 aromatic rings. The Balaban J connectivity index is 1.71. The standard InChI is InChI=1S/C26H28N2O3S/c1-16-21(24(30)31-15-18-9-7-6-8-10-18)22(28-23(29)17(2)32-25(28)27-16)19-11-13-20(14-12-19)26(3,4)5/h6-14,17,22H,15H2,1-5H3/t17-,22+/m1/s1. The molecule has 0 aliphatic carbocycles. The quantitative estimate of drug-likeness (QED) is 0.590. The number of fused-ring (bicyclic) bond motifs is 1. The Kier molecular flexibility index (Phi) is 5.99. The van der Waals surface area contributed by atoms with Crippen LogP contribution >= 0.6 is 11.8 Å². The van der Waals surface area contributed by atoms with Gasteiger partial charge in [0.15, 0.2) is 5.17 Å². The Hall–Kier alpha value is -2.86. The number of nitrogens with zero attached hydrogens (tertiary/aromatic N) is 2. The van der Waals surface area contributed by atoms with Gasteiger partial charge in [-0.2, -0.15) is 0 Å². The van der Waals surface area contributed by atoms with Crippen LogP contribution in [0.5, 0.6) is 0 Å². The van der Waals surface area contributed by atoms with Crippen LogP contribution in [0.4, 0.5) is 0 Å². The average molecular weight is 449 g/mol. The highest BCUT2D eigenvalue weighted by atomic mass is 32.2. The van der Waals surface area contributed by atoms with Crippen LogP contribution in [0.1, 0.15) is 57.4 Å². The van der Waals surface area contributed by atoms with Crippen molar-refractivity contribution in [1.29, 1.82) is 0 Å². The number of amides is 1. The number of aliphatic imine (C=N–C) groups is 1. The van der Waals surface area contributed by atoms with Crippen molar-refractivity contribution in [1.82, 2.24) is 4.90 Å². The van der Waals surface area contributed by atoms with Crippen molar-refractivity contribution >= 4 is 28.8 Å². The smallest absolute Gasteiger partial charge is 0.338 e. The van der Waals surface area contributed by atoms with Crippen molar-refractivity contribution in [3.63, 3.8) is 0 Å². The summed E-state index contributed by atoms with van der Waals surface area (Å²) >= 11 is 1.43. The minimum Gasteiger partial charge on any atom is -0.457 e. The van der Waals surface area contributed by atoms with Crippen molar-refractivity contribution in [2.75, 3.05) is 0 Å². The number of esters is 1. The molecule has 0 saturated carbocycles. The van der Waals surface area contributed by atoms with E-state index in [-0.39, 0.29) is 23.2 Å². The number of hydrogen-bond donors (Lipinski definition) is 0. The molecule has 166 valence electrons. The molecule has 2 aromatic carbocycles. The fourth-order valence-corrected chi connectivity index (χ4v) is 4.97.